The maximum atomic E-state index is 12.4. The van der Waals surface area contributed by atoms with Gasteiger partial charge in [-0.1, -0.05) is 6.08 Å². The molecule has 1 fully saturated rings. The van der Waals surface area contributed by atoms with Gasteiger partial charge >= 0.3 is 11.9 Å². The van der Waals surface area contributed by atoms with Crippen molar-refractivity contribution in [3.05, 3.63) is 35.6 Å². The molecule has 33 heavy (non-hydrogen) atoms. The molecule has 0 aromatic carbocycles. The fraction of sp³-hybridized carbons (Fsp3) is 0.619. The Balaban J connectivity index is 1.67. The van der Waals surface area contributed by atoms with E-state index in [0.29, 0.717) is 0 Å². The van der Waals surface area contributed by atoms with Crippen molar-refractivity contribution in [1.82, 2.24) is 0 Å². The van der Waals surface area contributed by atoms with Crippen LogP contribution in [0.15, 0.2) is 35.6 Å². The molecule has 0 amide bonds. The Morgan fingerprint density at radius 3 is 2.55 bits per heavy atom. The van der Waals surface area contributed by atoms with Gasteiger partial charge in [0.15, 0.2) is 11.9 Å². The number of allylic oxidation sites excluding steroid dienone is 1. The highest BCUT2D eigenvalue weighted by Crippen LogP contribution is 2.50. The van der Waals surface area contributed by atoms with Crippen molar-refractivity contribution in [3.8, 4) is 0 Å². The van der Waals surface area contributed by atoms with Crippen LogP contribution in [-0.4, -0.2) is 99.9 Å². The highest BCUT2D eigenvalue weighted by molar-refractivity contribution is 5.94. The summed E-state index contributed by atoms with van der Waals surface area (Å²) >= 11 is 0. The molecule has 4 rings (SSSR count). The Morgan fingerprint density at radius 2 is 1.94 bits per heavy atom. The van der Waals surface area contributed by atoms with E-state index in [-0.39, 0.29) is 11.1 Å². The first-order valence-electron chi connectivity index (χ1n) is 10.4. The zero-order valence-electron chi connectivity index (χ0n) is 17.8. The van der Waals surface area contributed by atoms with Gasteiger partial charge in [-0.2, -0.15) is 0 Å². The standard InChI is InChI=1S/C21H26O12/c1-8(23)10-5-21(33-18(10)28)4-3-9-11(17(27)29-2)7-30-19(13(9)21)32-20-16(26)15(25)14(24)12(6-22)31-20/h3-5,7-9,12-16,19-20,22-26H,6H2,1-2H3/t8-,9-,12?,13-,14?,15?,16?,19-,20?,21-/m1/s1. The van der Waals surface area contributed by atoms with E-state index in [1.165, 1.54) is 20.1 Å². The fourth-order valence-corrected chi connectivity index (χ4v) is 4.57. The summed E-state index contributed by atoms with van der Waals surface area (Å²) in [4.78, 5) is 24.7. The largest absolute Gasteiger partial charge is 0.471 e. The molecule has 0 aromatic rings. The number of fused-ring (bicyclic) bond motifs is 2. The Labute approximate surface area is 188 Å². The molecule has 0 radical (unpaired) electrons. The van der Waals surface area contributed by atoms with Crippen LogP contribution in [0.4, 0.5) is 0 Å². The topological polar surface area (TPSA) is 181 Å². The van der Waals surface area contributed by atoms with Gasteiger partial charge in [0.2, 0.25) is 6.29 Å². The Morgan fingerprint density at radius 1 is 1.21 bits per heavy atom. The fourth-order valence-electron chi connectivity index (χ4n) is 4.57. The molecule has 1 spiro atoms. The molecular formula is C21H26O12. The minimum atomic E-state index is -1.70. The minimum absolute atomic E-state index is 0.0149. The van der Waals surface area contributed by atoms with Gasteiger partial charge in [-0.15, -0.1) is 0 Å². The minimum Gasteiger partial charge on any atom is -0.471 e. The van der Waals surface area contributed by atoms with Crippen molar-refractivity contribution >= 4 is 11.9 Å². The van der Waals surface area contributed by atoms with Crippen LogP contribution in [0.3, 0.4) is 0 Å². The molecule has 0 saturated carbocycles. The van der Waals surface area contributed by atoms with Crippen molar-refractivity contribution in [1.29, 1.82) is 0 Å². The molecule has 12 heteroatoms. The second kappa shape index (κ2) is 8.80. The predicted octanol–water partition coefficient (Wildman–Crippen LogP) is -2.38. The van der Waals surface area contributed by atoms with Gasteiger partial charge in [0, 0.05) is 5.92 Å². The molecule has 4 aliphatic rings. The summed E-state index contributed by atoms with van der Waals surface area (Å²) in [5.74, 6) is -3.03. The zero-order chi connectivity index (χ0) is 24.1. The third-order valence-electron chi connectivity index (χ3n) is 6.33. The summed E-state index contributed by atoms with van der Waals surface area (Å²) < 4.78 is 27.2. The first-order valence-corrected chi connectivity index (χ1v) is 10.4. The van der Waals surface area contributed by atoms with Crippen LogP contribution in [0.5, 0.6) is 0 Å². The SMILES string of the molecule is COC(=O)C1=CO[C@H](OC2OC(CO)C(O)C(O)C2O)[C@H]2[C@@H]1C=C[C@@]21C=C([C@@H](C)O)C(=O)O1. The summed E-state index contributed by atoms with van der Waals surface area (Å²) in [6.45, 7) is 0.750. The Hall–Kier alpha value is -2.32. The van der Waals surface area contributed by atoms with E-state index in [4.69, 9.17) is 23.7 Å². The van der Waals surface area contributed by atoms with Crippen molar-refractivity contribution in [2.45, 2.75) is 55.6 Å². The second-order valence-corrected chi connectivity index (χ2v) is 8.33. The van der Waals surface area contributed by atoms with E-state index >= 15 is 0 Å². The van der Waals surface area contributed by atoms with Crippen molar-refractivity contribution in [2.24, 2.45) is 11.8 Å². The Kier molecular flexibility index (Phi) is 6.35. The van der Waals surface area contributed by atoms with E-state index in [1.54, 1.807) is 12.2 Å². The first-order chi connectivity index (χ1) is 15.6. The lowest BCUT2D eigenvalue weighted by Crippen LogP contribution is -2.60. The van der Waals surface area contributed by atoms with Crippen LogP contribution < -0.4 is 0 Å². The first kappa shape index (κ1) is 23.8. The molecule has 0 aromatic heterocycles. The third-order valence-corrected chi connectivity index (χ3v) is 6.33. The maximum Gasteiger partial charge on any atom is 0.337 e. The number of aliphatic hydroxyl groups is 5. The number of hydrogen-bond acceptors (Lipinski definition) is 12. The average molecular weight is 470 g/mol. The quantitative estimate of drug-likeness (QED) is 0.213. The molecule has 5 N–H and O–H groups in total. The van der Waals surface area contributed by atoms with E-state index in [9.17, 15) is 35.1 Å². The Bertz CT molecular complexity index is 892. The summed E-state index contributed by atoms with van der Waals surface area (Å²) in [5.41, 5.74) is -1.30. The number of ether oxygens (including phenoxy) is 5. The lowest BCUT2D eigenvalue weighted by atomic mass is 9.78. The van der Waals surface area contributed by atoms with Gasteiger partial charge in [-0.3, -0.25) is 0 Å². The van der Waals surface area contributed by atoms with E-state index in [1.807, 2.05) is 0 Å². The summed E-state index contributed by atoms with van der Waals surface area (Å²) in [6, 6.07) is 0. The lowest BCUT2D eigenvalue weighted by molar-refractivity contribution is -0.344. The molecule has 10 atom stereocenters. The zero-order valence-corrected chi connectivity index (χ0v) is 17.8. The van der Waals surface area contributed by atoms with Gasteiger partial charge in [0.25, 0.3) is 0 Å². The summed E-state index contributed by atoms with van der Waals surface area (Å²) in [5, 5.41) is 49.8. The number of rotatable bonds is 5. The third kappa shape index (κ3) is 3.87. The smallest absolute Gasteiger partial charge is 0.337 e. The molecule has 5 unspecified atom stereocenters. The molecule has 1 aliphatic carbocycles. The monoisotopic (exact) mass is 470 g/mol. The highest BCUT2D eigenvalue weighted by atomic mass is 16.8. The molecule has 12 nitrogen and oxygen atoms in total. The van der Waals surface area contributed by atoms with Crippen molar-refractivity contribution in [2.75, 3.05) is 13.7 Å². The number of methoxy groups -OCH3 is 1. The molecule has 182 valence electrons. The number of hydrogen-bond donors (Lipinski definition) is 5. The second-order valence-electron chi connectivity index (χ2n) is 8.33. The van der Waals surface area contributed by atoms with Crippen LogP contribution in [-0.2, 0) is 33.3 Å². The van der Waals surface area contributed by atoms with Crippen LogP contribution in [0.25, 0.3) is 0 Å². The van der Waals surface area contributed by atoms with Gasteiger partial charge in [-0.25, -0.2) is 9.59 Å². The van der Waals surface area contributed by atoms with Crippen LogP contribution in [0.1, 0.15) is 6.92 Å². The summed E-state index contributed by atoms with van der Waals surface area (Å²) in [7, 11) is 1.20. The van der Waals surface area contributed by atoms with Crippen LogP contribution >= 0.6 is 0 Å². The van der Waals surface area contributed by atoms with Crippen LogP contribution in [0, 0.1) is 11.8 Å². The molecule has 3 heterocycles. The van der Waals surface area contributed by atoms with Gasteiger partial charge < -0.3 is 49.2 Å². The van der Waals surface area contributed by atoms with Crippen molar-refractivity contribution in [3.63, 3.8) is 0 Å². The number of aliphatic hydroxyl groups excluding tert-OH is 5. The maximum absolute atomic E-state index is 12.4. The van der Waals surface area contributed by atoms with Gasteiger partial charge in [0.1, 0.15) is 24.4 Å². The number of carbonyl (C=O) groups is 2. The van der Waals surface area contributed by atoms with E-state index in [0.717, 1.165) is 6.26 Å². The van der Waals surface area contributed by atoms with E-state index in [2.05, 4.69) is 0 Å². The highest BCUT2D eigenvalue weighted by Gasteiger charge is 2.59. The van der Waals surface area contributed by atoms with E-state index < -0.39 is 79.1 Å². The van der Waals surface area contributed by atoms with Crippen LogP contribution in [0.2, 0.25) is 0 Å². The molecule has 0 bridgehead atoms. The molecular weight excluding hydrogens is 444 g/mol. The average Bonchev–Trinajstić information content (AvgIpc) is 3.34. The summed E-state index contributed by atoms with van der Waals surface area (Å²) in [6.07, 6.45) is -4.38. The van der Waals surface area contributed by atoms with Gasteiger partial charge in [-0.05, 0) is 19.1 Å². The number of esters is 2. The predicted molar refractivity (Wildman–Crippen MR) is 105 cm³/mol. The van der Waals surface area contributed by atoms with Crippen molar-refractivity contribution < 1.29 is 58.8 Å². The normalized spacial score (nSPS) is 42.8. The number of carbonyl (C=O) groups excluding carboxylic acids is 2. The molecule has 3 aliphatic heterocycles. The van der Waals surface area contributed by atoms with Gasteiger partial charge in [0.05, 0.1) is 43.1 Å². The lowest BCUT2D eigenvalue weighted by Gasteiger charge is -2.44. The molecule has 1 saturated heterocycles.